The van der Waals surface area contributed by atoms with Crippen molar-refractivity contribution in [3.8, 4) is 0 Å². The molecule has 8 heteroatoms. The SMILES string of the molecule is C=C(C)C(=O)OC1CCOC1=O.CC(=CC1CCOC1=O)C(=O)O. The summed E-state index contributed by atoms with van der Waals surface area (Å²) >= 11 is 0. The summed E-state index contributed by atoms with van der Waals surface area (Å²) in [4.78, 5) is 43.0. The average Bonchev–Trinajstić information content (AvgIpc) is 3.09. The first-order valence-corrected chi connectivity index (χ1v) is 7.33. The van der Waals surface area contributed by atoms with Crippen LogP contribution in [0.3, 0.4) is 0 Å². The molecule has 0 aromatic carbocycles. The van der Waals surface area contributed by atoms with Gasteiger partial charge in [0.25, 0.3) is 0 Å². The van der Waals surface area contributed by atoms with Crippen molar-refractivity contribution in [3.05, 3.63) is 23.8 Å². The zero-order chi connectivity index (χ0) is 18.3. The molecule has 0 aromatic rings. The maximum atomic E-state index is 10.9. The van der Waals surface area contributed by atoms with Crippen molar-refractivity contribution in [2.75, 3.05) is 13.2 Å². The number of esters is 3. The van der Waals surface area contributed by atoms with Crippen LogP contribution in [0.5, 0.6) is 0 Å². The topological polar surface area (TPSA) is 116 Å². The van der Waals surface area contributed by atoms with E-state index >= 15 is 0 Å². The Bertz CT molecular complexity index is 575. The highest BCUT2D eigenvalue weighted by atomic mass is 16.6. The van der Waals surface area contributed by atoms with Gasteiger partial charge in [0, 0.05) is 17.6 Å². The van der Waals surface area contributed by atoms with E-state index in [4.69, 9.17) is 9.84 Å². The van der Waals surface area contributed by atoms with E-state index < -0.39 is 24.0 Å². The molecule has 0 saturated carbocycles. The molecule has 2 heterocycles. The highest BCUT2D eigenvalue weighted by Gasteiger charge is 2.30. The molecule has 0 spiro atoms. The quantitative estimate of drug-likeness (QED) is 0.458. The molecule has 132 valence electrons. The first-order chi connectivity index (χ1) is 11.2. The van der Waals surface area contributed by atoms with E-state index in [-0.39, 0.29) is 23.0 Å². The summed E-state index contributed by atoms with van der Waals surface area (Å²) in [6.07, 6.45) is 1.74. The zero-order valence-corrected chi connectivity index (χ0v) is 13.6. The van der Waals surface area contributed by atoms with Gasteiger partial charge < -0.3 is 19.3 Å². The Hall–Kier alpha value is -2.64. The van der Waals surface area contributed by atoms with E-state index in [1.165, 1.54) is 19.9 Å². The molecule has 2 rings (SSSR count). The lowest BCUT2D eigenvalue weighted by Crippen LogP contribution is -2.22. The van der Waals surface area contributed by atoms with Gasteiger partial charge in [-0.15, -0.1) is 0 Å². The van der Waals surface area contributed by atoms with Crippen LogP contribution in [0.2, 0.25) is 0 Å². The number of hydrogen-bond acceptors (Lipinski definition) is 7. The van der Waals surface area contributed by atoms with Crippen molar-refractivity contribution < 1.29 is 38.5 Å². The zero-order valence-electron chi connectivity index (χ0n) is 13.6. The number of carbonyl (C=O) groups is 4. The molecule has 0 aromatic heterocycles. The van der Waals surface area contributed by atoms with Crippen LogP contribution in [0.15, 0.2) is 23.8 Å². The minimum absolute atomic E-state index is 0.193. The predicted molar refractivity (Wildman–Crippen MR) is 80.7 cm³/mol. The monoisotopic (exact) mass is 340 g/mol. The molecule has 8 nitrogen and oxygen atoms in total. The molecule has 2 aliphatic rings. The summed E-state index contributed by atoms with van der Waals surface area (Å²) in [5.41, 5.74) is 0.480. The van der Waals surface area contributed by atoms with Gasteiger partial charge in [0.05, 0.1) is 19.1 Å². The van der Waals surface area contributed by atoms with Crippen LogP contribution < -0.4 is 0 Å². The number of cyclic esters (lactones) is 2. The fourth-order valence-corrected chi connectivity index (χ4v) is 1.85. The molecule has 2 saturated heterocycles. The molecule has 0 radical (unpaired) electrons. The maximum absolute atomic E-state index is 10.9. The van der Waals surface area contributed by atoms with E-state index in [0.717, 1.165) is 0 Å². The first kappa shape index (κ1) is 19.4. The first-order valence-electron chi connectivity index (χ1n) is 7.33. The molecule has 0 amide bonds. The molecule has 1 N–H and O–H groups in total. The van der Waals surface area contributed by atoms with Crippen LogP contribution in [0.1, 0.15) is 26.7 Å². The minimum Gasteiger partial charge on any atom is -0.478 e. The summed E-state index contributed by atoms with van der Waals surface area (Å²) in [7, 11) is 0. The van der Waals surface area contributed by atoms with Gasteiger partial charge in [-0.1, -0.05) is 12.7 Å². The Morgan fingerprint density at radius 3 is 2.17 bits per heavy atom. The summed E-state index contributed by atoms with van der Waals surface area (Å²) in [5.74, 6) is -2.69. The van der Waals surface area contributed by atoms with Crippen LogP contribution in [0.4, 0.5) is 0 Å². The third-order valence-electron chi connectivity index (χ3n) is 3.25. The molecular formula is C16H20O8. The van der Waals surface area contributed by atoms with Crippen molar-refractivity contribution in [1.82, 2.24) is 0 Å². The number of carbonyl (C=O) groups excluding carboxylic acids is 3. The fourth-order valence-electron chi connectivity index (χ4n) is 1.85. The lowest BCUT2D eigenvalue weighted by molar-refractivity contribution is -0.157. The van der Waals surface area contributed by atoms with Gasteiger partial charge in [0.1, 0.15) is 0 Å². The van der Waals surface area contributed by atoms with Gasteiger partial charge in [-0.25, -0.2) is 14.4 Å². The number of carboxylic acids is 1. The summed E-state index contributed by atoms with van der Waals surface area (Å²) in [5, 5.41) is 8.51. The van der Waals surface area contributed by atoms with Crippen LogP contribution in [-0.2, 0) is 33.4 Å². The van der Waals surface area contributed by atoms with Gasteiger partial charge in [-0.3, -0.25) is 4.79 Å². The lowest BCUT2D eigenvalue weighted by atomic mass is 10.1. The van der Waals surface area contributed by atoms with E-state index in [0.29, 0.717) is 26.1 Å². The third-order valence-corrected chi connectivity index (χ3v) is 3.25. The maximum Gasteiger partial charge on any atom is 0.347 e. The van der Waals surface area contributed by atoms with Crippen LogP contribution in [-0.4, -0.2) is 48.3 Å². The largest absolute Gasteiger partial charge is 0.478 e. The van der Waals surface area contributed by atoms with Crippen LogP contribution in [0.25, 0.3) is 0 Å². The number of carboxylic acid groups (broad SMARTS) is 1. The van der Waals surface area contributed by atoms with Gasteiger partial charge >= 0.3 is 23.9 Å². The molecule has 24 heavy (non-hydrogen) atoms. The van der Waals surface area contributed by atoms with Crippen molar-refractivity contribution in [2.24, 2.45) is 5.92 Å². The fraction of sp³-hybridized carbons (Fsp3) is 0.500. The lowest BCUT2D eigenvalue weighted by Gasteiger charge is -2.06. The highest BCUT2D eigenvalue weighted by Crippen LogP contribution is 2.17. The van der Waals surface area contributed by atoms with E-state index in [9.17, 15) is 19.2 Å². The Labute approximate surface area is 139 Å². The second-order valence-corrected chi connectivity index (χ2v) is 5.35. The molecule has 2 fully saturated rings. The third kappa shape index (κ3) is 5.86. The number of hydrogen-bond donors (Lipinski definition) is 1. The van der Waals surface area contributed by atoms with Gasteiger partial charge in [0.2, 0.25) is 6.10 Å². The summed E-state index contributed by atoms with van der Waals surface area (Å²) < 4.78 is 14.0. The predicted octanol–water partition coefficient (Wildman–Crippen LogP) is 1.00. The molecular weight excluding hydrogens is 320 g/mol. The Morgan fingerprint density at radius 2 is 1.75 bits per heavy atom. The second-order valence-electron chi connectivity index (χ2n) is 5.35. The summed E-state index contributed by atoms with van der Waals surface area (Å²) in [6, 6.07) is 0. The normalized spacial score (nSPS) is 22.8. The summed E-state index contributed by atoms with van der Waals surface area (Å²) in [6.45, 7) is 7.11. The molecule has 2 aliphatic heterocycles. The van der Waals surface area contributed by atoms with E-state index in [1.54, 1.807) is 0 Å². The van der Waals surface area contributed by atoms with Crippen molar-refractivity contribution in [3.63, 3.8) is 0 Å². The second kappa shape index (κ2) is 8.85. The van der Waals surface area contributed by atoms with E-state index in [2.05, 4.69) is 16.1 Å². The molecule has 0 bridgehead atoms. The van der Waals surface area contributed by atoms with Crippen LogP contribution in [0, 0.1) is 5.92 Å². The van der Waals surface area contributed by atoms with E-state index in [1.807, 2.05) is 0 Å². The number of ether oxygens (including phenoxy) is 3. The van der Waals surface area contributed by atoms with Crippen LogP contribution >= 0.6 is 0 Å². The molecule has 0 aliphatic carbocycles. The Balaban J connectivity index is 0.000000240. The van der Waals surface area contributed by atoms with Crippen molar-refractivity contribution >= 4 is 23.9 Å². The number of rotatable bonds is 4. The smallest absolute Gasteiger partial charge is 0.347 e. The van der Waals surface area contributed by atoms with Crippen molar-refractivity contribution in [1.29, 1.82) is 0 Å². The molecule has 2 atom stereocenters. The Kier molecular flexibility index (Phi) is 7.16. The van der Waals surface area contributed by atoms with Gasteiger partial charge in [0.15, 0.2) is 0 Å². The minimum atomic E-state index is -0.991. The van der Waals surface area contributed by atoms with Gasteiger partial charge in [-0.2, -0.15) is 0 Å². The standard InChI is InChI=1S/2C8H10O4/c1-5(2)7(9)12-6-3-4-11-8(6)10;1-5(7(9)10)4-6-2-3-12-8(6)11/h6H,1,3-4H2,2H3;4,6H,2-3H2,1H3,(H,9,10). The number of aliphatic carboxylic acids is 1. The highest BCUT2D eigenvalue weighted by molar-refractivity contribution is 5.89. The van der Waals surface area contributed by atoms with Crippen molar-refractivity contribution in [2.45, 2.75) is 32.8 Å². The van der Waals surface area contributed by atoms with Gasteiger partial charge in [-0.05, 0) is 20.3 Å². The average molecular weight is 340 g/mol. The Morgan fingerprint density at radius 1 is 1.17 bits per heavy atom. The molecule has 2 unspecified atom stereocenters.